The summed E-state index contributed by atoms with van der Waals surface area (Å²) in [5.41, 5.74) is 2.21. The molecule has 0 saturated carbocycles. The first-order chi connectivity index (χ1) is 18.4. The van der Waals surface area contributed by atoms with Crippen LogP contribution in [0.1, 0.15) is 5.56 Å². The standard InChI is InChI=1S/C28H26N6O4/c1-31-24-25(32(2)28(36)33(3)26(24)35)30-27(31)38-22-16-15-19(17-23(22)37-4)18-29-34(20-11-7-5-8-12-20)21-13-9-6-10-14-21/h5-18H,1-4H3/b29-18+. The van der Waals surface area contributed by atoms with Crippen LogP contribution in [-0.4, -0.2) is 32.0 Å². The normalized spacial score (nSPS) is 11.3. The molecule has 2 aromatic heterocycles. The third-order valence-corrected chi connectivity index (χ3v) is 6.15. The van der Waals surface area contributed by atoms with Crippen LogP contribution in [0.2, 0.25) is 0 Å². The summed E-state index contributed by atoms with van der Waals surface area (Å²) in [6.45, 7) is 0. The van der Waals surface area contributed by atoms with Crippen LogP contribution in [0.3, 0.4) is 0 Å². The van der Waals surface area contributed by atoms with Gasteiger partial charge in [-0.2, -0.15) is 10.1 Å². The highest BCUT2D eigenvalue weighted by molar-refractivity contribution is 5.83. The zero-order valence-electron chi connectivity index (χ0n) is 21.4. The van der Waals surface area contributed by atoms with E-state index in [-0.39, 0.29) is 17.2 Å². The van der Waals surface area contributed by atoms with Gasteiger partial charge in [0.05, 0.1) is 24.7 Å². The monoisotopic (exact) mass is 510 g/mol. The highest BCUT2D eigenvalue weighted by Crippen LogP contribution is 2.32. The summed E-state index contributed by atoms with van der Waals surface area (Å²) in [4.78, 5) is 29.4. The Kier molecular flexibility index (Phi) is 6.53. The molecule has 192 valence electrons. The molecule has 0 N–H and O–H groups in total. The average Bonchev–Trinajstić information content (AvgIpc) is 3.28. The fourth-order valence-corrected chi connectivity index (χ4v) is 4.08. The third-order valence-electron chi connectivity index (χ3n) is 6.15. The second kappa shape index (κ2) is 10.1. The number of nitrogens with zero attached hydrogens (tertiary/aromatic N) is 6. The number of aryl methyl sites for hydroxylation is 2. The van der Waals surface area contributed by atoms with Crippen molar-refractivity contribution >= 4 is 28.8 Å². The molecule has 0 bridgehead atoms. The van der Waals surface area contributed by atoms with Gasteiger partial charge in [0.15, 0.2) is 22.7 Å². The van der Waals surface area contributed by atoms with E-state index in [1.54, 1.807) is 32.4 Å². The van der Waals surface area contributed by atoms with E-state index < -0.39 is 11.2 Å². The molecule has 10 nitrogen and oxygen atoms in total. The van der Waals surface area contributed by atoms with Gasteiger partial charge >= 0.3 is 11.7 Å². The molecule has 0 atom stereocenters. The predicted molar refractivity (Wildman–Crippen MR) is 147 cm³/mol. The fraction of sp³-hybridized carbons (Fsp3) is 0.143. The molecule has 0 aliphatic carbocycles. The molecule has 0 amide bonds. The van der Waals surface area contributed by atoms with Crippen LogP contribution in [0.25, 0.3) is 11.2 Å². The van der Waals surface area contributed by atoms with Gasteiger partial charge in [-0.25, -0.2) is 9.80 Å². The summed E-state index contributed by atoms with van der Waals surface area (Å²) < 4.78 is 15.5. The number of benzene rings is 3. The summed E-state index contributed by atoms with van der Waals surface area (Å²) in [5, 5.41) is 6.58. The zero-order chi connectivity index (χ0) is 26.8. The van der Waals surface area contributed by atoms with Gasteiger partial charge < -0.3 is 9.47 Å². The molecule has 2 heterocycles. The van der Waals surface area contributed by atoms with Crippen molar-refractivity contribution in [1.29, 1.82) is 0 Å². The maximum absolute atomic E-state index is 12.7. The molecule has 0 fully saturated rings. The topological polar surface area (TPSA) is 95.9 Å². The number of hydrogen-bond donors (Lipinski definition) is 0. The summed E-state index contributed by atoms with van der Waals surface area (Å²) in [7, 11) is 6.19. The van der Waals surface area contributed by atoms with Gasteiger partial charge in [0.1, 0.15) is 0 Å². The predicted octanol–water partition coefficient (Wildman–Crippen LogP) is 3.94. The minimum atomic E-state index is -0.464. The molecule has 0 saturated heterocycles. The Bertz CT molecular complexity index is 1710. The highest BCUT2D eigenvalue weighted by atomic mass is 16.5. The van der Waals surface area contributed by atoms with E-state index in [2.05, 4.69) is 4.98 Å². The summed E-state index contributed by atoms with van der Waals surface area (Å²) in [5.74, 6) is 0.849. The van der Waals surface area contributed by atoms with Crippen molar-refractivity contribution in [2.24, 2.45) is 26.2 Å². The Morgan fingerprint density at radius 1 is 0.816 bits per heavy atom. The van der Waals surface area contributed by atoms with Gasteiger partial charge in [0, 0.05) is 21.1 Å². The van der Waals surface area contributed by atoms with Crippen LogP contribution < -0.4 is 25.7 Å². The molecular weight excluding hydrogens is 484 g/mol. The average molecular weight is 511 g/mol. The van der Waals surface area contributed by atoms with Gasteiger partial charge in [-0.05, 0) is 48.0 Å². The first-order valence-corrected chi connectivity index (χ1v) is 11.8. The van der Waals surface area contributed by atoms with Gasteiger partial charge in [-0.15, -0.1) is 0 Å². The van der Waals surface area contributed by atoms with Crippen LogP contribution in [0.15, 0.2) is 93.6 Å². The van der Waals surface area contributed by atoms with Gasteiger partial charge in [-0.1, -0.05) is 36.4 Å². The van der Waals surface area contributed by atoms with Gasteiger partial charge in [0.2, 0.25) is 0 Å². The van der Waals surface area contributed by atoms with Crippen molar-refractivity contribution in [3.05, 3.63) is 105 Å². The minimum absolute atomic E-state index is 0.150. The smallest absolute Gasteiger partial charge is 0.332 e. The second-order valence-electron chi connectivity index (χ2n) is 8.57. The highest BCUT2D eigenvalue weighted by Gasteiger charge is 2.19. The van der Waals surface area contributed by atoms with Crippen LogP contribution in [-0.2, 0) is 21.1 Å². The quantitative estimate of drug-likeness (QED) is 0.243. The Morgan fingerprint density at radius 3 is 2.05 bits per heavy atom. The first-order valence-electron chi connectivity index (χ1n) is 11.8. The number of ether oxygens (including phenoxy) is 2. The molecule has 0 radical (unpaired) electrons. The summed E-state index contributed by atoms with van der Waals surface area (Å²) in [6.07, 6.45) is 1.74. The lowest BCUT2D eigenvalue weighted by Crippen LogP contribution is -2.37. The molecule has 5 rings (SSSR count). The van der Waals surface area contributed by atoms with E-state index in [0.717, 1.165) is 21.5 Å². The minimum Gasteiger partial charge on any atom is -0.493 e. The Hall–Kier alpha value is -5.12. The van der Waals surface area contributed by atoms with Crippen LogP contribution in [0.5, 0.6) is 17.5 Å². The number of fused-ring (bicyclic) bond motifs is 1. The SMILES string of the molecule is COc1cc(/C=N/N(c2ccccc2)c2ccccc2)ccc1Oc1nc2c(c(=O)n(C)c(=O)n2C)n1C. The Balaban J connectivity index is 1.48. The number of hydrazone groups is 1. The zero-order valence-corrected chi connectivity index (χ0v) is 21.4. The lowest BCUT2D eigenvalue weighted by molar-refractivity contribution is 0.363. The number of aromatic nitrogens is 4. The number of anilines is 2. The van der Waals surface area contributed by atoms with E-state index >= 15 is 0 Å². The summed E-state index contributed by atoms with van der Waals surface area (Å²) >= 11 is 0. The molecule has 38 heavy (non-hydrogen) atoms. The van der Waals surface area contributed by atoms with Crippen LogP contribution in [0.4, 0.5) is 11.4 Å². The fourth-order valence-electron chi connectivity index (χ4n) is 4.08. The largest absolute Gasteiger partial charge is 0.493 e. The van der Waals surface area contributed by atoms with Gasteiger partial charge in [-0.3, -0.25) is 18.5 Å². The lowest BCUT2D eigenvalue weighted by Gasteiger charge is -2.19. The molecule has 10 heteroatoms. The van der Waals surface area contributed by atoms with Crippen molar-refractivity contribution in [1.82, 2.24) is 18.7 Å². The number of rotatable bonds is 7. The Labute approximate surface area is 218 Å². The number of methoxy groups -OCH3 is 1. The second-order valence-corrected chi connectivity index (χ2v) is 8.57. The molecule has 3 aromatic carbocycles. The van der Waals surface area contributed by atoms with Crippen LogP contribution in [0, 0.1) is 0 Å². The number of hydrogen-bond acceptors (Lipinski definition) is 7. The maximum Gasteiger partial charge on any atom is 0.332 e. The van der Waals surface area contributed by atoms with Crippen molar-refractivity contribution in [2.45, 2.75) is 0 Å². The third kappa shape index (κ3) is 4.43. The van der Waals surface area contributed by atoms with E-state index in [9.17, 15) is 9.59 Å². The van der Waals surface area contributed by atoms with E-state index in [1.807, 2.05) is 71.7 Å². The molecule has 5 aromatic rings. The summed E-state index contributed by atoms with van der Waals surface area (Å²) in [6, 6.07) is 25.3. The Morgan fingerprint density at radius 2 is 1.45 bits per heavy atom. The van der Waals surface area contributed by atoms with Crippen molar-refractivity contribution in [3.63, 3.8) is 0 Å². The van der Waals surface area contributed by atoms with Crippen LogP contribution >= 0.6 is 0 Å². The number of imidazole rings is 1. The van der Waals surface area contributed by atoms with Crippen molar-refractivity contribution < 1.29 is 9.47 Å². The van der Waals surface area contributed by atoms with E-state index in [0.29, 0.717) is 11.5 Å². The molecular formula is C28H26N6O4. The number of para-hydroxylation sites is 2. The van der Waals surface area contributed by atoms with E-state index in [1.165, 1.54) is 23.3 Å². The van der Waals surface area contributed by atoms with E-state index in [4.69, 9.17) is 14.6 Å². The lowest BCUT2D eigenvalue weighted by atomic mass is 10.2. The molecule has 0 unspecified atom stereocenters. The van der Waals surface area contributed by atoms with Crippen molar-refractivity contribution in [3.8, 4) is 17.5 Å². The molecule has 0 spiro atoms. The van der Waals surface area contributed by atoms with Crippen molar-refractivity contribution in [2.75, 3.05) is 12.1 Å². The maximum atomic E-state index is 12.7. The molecule has 0 aliphatic rings. The first kappa shape index (κ1) is 24.6. The molecule has 0 aliphatic heterocycles. The van der Waals surface area contributed by atoms with Gasteiger partial charge in [0.25, 0.3) is 5.56 Å².